The second-order valence-corrected chi connectivity index (χ2v) is 7.11. The Kier molecular flexibility index (Phi) is 4.92. The molecule has 0 saturated carbocycles. The summed E-state index contributed by atoms with van der Waals surface area (Å²) in [6, 6.07) is 3.41. The van der Waals surface area contributed by atoms with E-state index in [0.29, 0.717) is 6.54 Å². The summed E-state index contributed by atoms with van der Waals surface area (Å²) < 4.78 is 40.1. The first kappa shape index (κ1) is 15.9. The Hall–Kier alpha value is -1.14. The van der Waals surface area contributed by atoms with Crippen LogP contribution < -0.4 is 5.73 Å². The van der Waals surface area contributed by atoms with E-state index in [4.69, 9.17) is 5.73 Å². The predicted molar refractivity (Wildman–Crippen MR) is 74.7 cm³/mol. The van der Waals surface area contributed by atoms with Gasteiger partial charge in [-0.15, -0.1) is 0 Å². The van der Waals surface area contributed by atoms with E-state index in [0.717, 1.165) is 6.07 Å². The standard InChI is InChI=1S/C13H21FN2O2S/c1-9(2)8-16(10(3)4)19(17,18)13-6-5-11(15)7-12(13)14/h5-7,9-10H,8,15H2,1-4H3. The quantitative estimate of drug-likeness (QED) is 0.847. The molecule has 1 aromatic rings. The van der Waals surface area contributed by atoms with Crippen LogP contribution in [0.25, 0.3) is 0 Å². The Morgan fingerprint density at radius 2 is 1.84 bits per heavy atom. The van der Waals surface area contributed by atoms with Gasteiger partial charge in [-0.3, -0.25) is 0 Å². The molecule has 0 radical (unpaired) electrons. The molecule has 4 nitrogen and oxygen atoms in total. The van der Waals surface area contributed by atoms with E-state index in [-0.39, 0.29) is 22.5 Å². The molecule has 0 amide bonds. The molecule has 2 N–H and O–H groups in total. The van der Waals surface area contributed by atoms with Gasteiger partial charge in [0.2, 0.25) is 10.0 Å². The van der Waals surface area contributed by atoms with Crippen molar-refractivity contribution in [3.05, 3.63) is 24.0 Å². The third-order valence-electron chi connectivity index (χ3n) is 2.66. The van der Waals surface area contributed by atoms with Gasteiger partial charge in [-0.05, 0) is 38.0 Å². The Labute approximate surface area is 114 Å². The summed E-state index contributed by atoms with van der Waals surface area (Å²) in [6.07, 6.45) is 0. The molecule has 0 heterocycles. The molecule has 0 aliphatic rings. The lowest BCUT2D eigenvalue weighted by Gasteiger charge is -2.27. The number of rotatable bonds is 5. The highest BCUT2D eigenvalue weighted by atomic mass is 32.2. The number of anilines is 1. The molecule has 0 atom stereocenters. The topological polar surface area (TPSA) is 63.4 Å². The van der Waals surface area contributed by atoms with Crippen molar-refractivity contribution in [2.75, 3.05) is 12.3 Å². The van der Waals surface area contributed by atoms with Crippen LogP contribution in [0.5, 0.6) is 0 Å². The van der Waals surface area contributed by atoms with Crippen molar-refractivity contribution in [3.8, 4) is 0 Å². The molecule has 0 aliphatic carbocycles. The summed E-state index contributed by atoms with van der Waals surface area (Å²) in [5.41, 5.74) is 5.64. The number of hydrogen-bond donors (Lipinski definition) is 1. The maximum atomic E-state index is 13.8. The Morgan fingerprint density at radius 3 is 2.26 bits per heavy atom. The number of halogens is 1. The van der Waals surface area contributed by atoms with E-state index in [1.165, 1.54) is 16.4 Å². The molecule has 0 saturated heterocycles. The number of nitrogens with zero attached hydrogens (tertiary/aromatic N) is 1. The highest BCUT2D eigenvalue weighted by molar-refractivity contribution is 7.89. The summed E-state index contributed by atoms with van der Waals surface area (Å²) >= 11 is 0. The van der Waals surface area contributed by atoms with Crippen molar-refractivity contribution >= 4 is 15.7 Å². The van der Waals surface area contributed by atoms with Crippen LogP contribution in [0.3, 0.4) is 0 Å². The second-order valence-electron chi connectivity index (χ2n) is 5.25. The first-order valence-electron chi connectivity index (χ1n) is 6.23. The second kappa shape index (κ2) is 5.88. The first-order valence-corrected chi connectivity index (χ1v) is 7.67. The van der Waals surface area contributed by atoms with Crippen LogP contribution in [0.15, 0.2) is 23.1 Å². The van der Waals surface area contributed by atoms with Crippen LogP contribution in [0.1, 0.15) is 27.7 Å². The molecule has 19 heavy (non-hydrogen) atoms. The zero-order chi connectivity index (χ0) is 14.8. The van der Waals surface area contributed by atoms with Gasteiger partial charge in [0.15, 0.2) is 0 Å². The first-order chi connectivity index (χ1) is 8.66. The van der Waals surface area contributed by atoms with E-state index in [1.807, 2.05) is 13.8 Å². The van der Waals surface area contributed by atoms with Gasteiger partial charge < -0.3 is 5.73 Å². The SMILES string of the molecule is CC(C)CN(C(C)C)S(=O)(=O)c1ccc(N)cc1F. The molecule has 0 fully saturated rings. The van der Waals surface area contributed by atoms with E-state index in [1.54, 1.807) is 13.8 Å². The van der Waals surface area contributed by atoms with Gasteiger partial charge in [-0.1, -0.05) is 13.8 Å². The predicted octanol–water partition coefficient (Wildman–Crippen LogP) is 2.46. The minimum absolute atomic E-state index is 0.161. The monoisotopic (exact) mass is 288 g/mol. The Balaban J connectivity index is 3.27. The van der Waals surface area contributed by atoms with Crippen LogP contribution >= 0.6 is 0 Å². The highest BCUT2D eigenvalue weighted by Gasteiger charge is 2.29. The maximum Gasteiger partial charge on any atom is 0.246 e. The lowest BCUT2D eigenvalue weighted by molar-refractivity contribution is 0.317. The molecule has 108 valence electrons. The minimum Gasteiger partial charge on any atom is -0.399 e. The molecular formula is C13H21FN2O2S. The Morgan fingerprint density at radius 1 is 1.26 bits per heavy atom. The Bertz CT molecular complexity index is 542. The number of nitrogens with two attached hydrogens (primary N) is 1. The van der Waals surface area contributed by atoms with E-state index in [9.17, 15) is 12.8 Å². The van der Waals surface area contributed by atoms with Gasteiger partial charge in [-0.25, -0.2) is 12.8 Å². The summed E-state index contributed by atoms with van der Waals surface area (Å²) in [4.78, 5) is -0.323. The zero-order valence-corrected chi connectivity index (χ0v) is 12.5. The summed E-state index contributed by atoms with van der Waals surface area (Å²) in [7, 11) is -3.84. The normalized spacial score (nSPS) is 12.6. The van der Waals surface area contributed by atoms with Crippen molar-refractivity contribution < 1.29 is 12.8 Å². The van der Waals surface area contributed by atoms with Crippen LogP contribution in [0, 0.1) is 11.7 Å². The van der Waals surface area contributed by atoms with Crippen LogP contribution in [0.2, 0.25) is 0 Å². The fraction of sp³-hybridized carbons (Fsp3) is 0.538. The van der Waals surface area contributed by atoms with E-state index < -0.39 is 15.8 Å². The van der Waals surface area contributed by atoms with Crippen LogP contribution in [-0.2, 0) is 10.0 Å². The third kappa shape index (κ3) is 3.67. The molecule has 0 unspecified atom stereocenters. The molecule has 6 heteroatoms. The third-order valence-corrected chi connectivity index (χ3v) is 4.74. The molecule has 1 aromatic carbocycles. The van der Waals surface area contributed by atoms with Gasteiger partial charge in [0.1, 0.15) is 10.7 Å². The minimum atomic E-state index is -3.84. The molecule has 1 rings (SSSR count). The lowest BCUT2D eigenvalue weighted by Crippen LogP contribution is -2.39. The maximum absolute atomic E-state index is 13.8. The smallest absolute Gasteiger partial charge is 0.246 e. The summed E-state index contributed by atoms with van der Waals surface area (Å²) in [6.45, 7) is 7.74. The van der Waals surface area contributed by atoms with Gasteiger partial charge in [0.25, 0.3) is 0 Å². The number of benzene rings is 1. The average molecular weight is 288 g/mol. The van der Waals surface area contributed by atoms with Crippen molar-refractivity contribution in [1.82, 2.24) is 4.31 Å². The fourth-order valence-electron chi connectivity index (χ4n) is 1.80. The number of sulfonamides is 1. The molecular weight excluding hydrogens is 267 g/mol. The average Bonchev–Trinajstić information content (AvgIpc) is 2.24. The fourth-order valence-corrected chi connectivity index (χ4v) is 3.65. The molecule has 0 spiro atoms. The van der Waals surface area contributed by atoms with Gasteiger partial charge in [-0.2, -0.15) is 4.31 Å². The van der Waals surface area contributed by atoms with Gasteiger partial charge in [0.05, 0.1) is 0 Å². The van der Waals surface area contributed by atoms with Crippen molar-refractivity contribution in [2.24, 2.45) is 5.92 Å². The van der Waals surface area contributed by atoms with Crippen molar-refractivity contribution in [3.63, 3.8) is 0 Å². The zero-order valence-electron chi connectivity index (χ0n) is 11.7. The van der Waals surface area contributed by atoms with Crippen LogP contribution in [0.4, 0.5) is 10.1 Å². The van der Waals surface area contributed by atoms with Gasteiger partial charge in [0, 0.05) is 18.3 Å². The van der Waals surface area contributed by atoms with Crippen molar-refractivity contribution in [1.29, 1.82) is 0 Å². The van der Waals surface area contributed by atoms with E-state index in [2.05, 4.69) is 0 Å². The highest BCUT2D eigenvalue weighted by Crippen LogP contribution is 2.23. The van der Waals surface area contributed by atoms with Crippen molar-refractivity contribution in [2.45, 2.75) is 38.6 Å². The summed E-state index contributed by atoms with van der Waals surface area (Å²) in [5, 5.41) is 0. The molecule has 0 bridgehead atoms. The summed E-state index contributed by atoms with van der Waals surface area (Å²) in [5.74, 6) is -0.650. The largest absolute Gasteiger partial charge is 0.399 e. The lowest BCUT2D eigenvalue weighted by atomic mass is 10.2. The molecule has 0 aliphatic heterocycles. The number of nitrogen functional groups attached to an aromatic ring is 1. The van der Waals surface area contributed by atoms with E-state index >= 15 is 0 Å². The molecule has 0 aromatic heterocycles. The van der Waals surface area contributed by atoms with Crippen LogP contribution in [-0.4, -0.2) is 25.3 Å². The number of hydrogen-bond acceptors (Lipinski definition) is 3. The van der Waals surface area contributed by atoms with Gasteiger partial charge >= 0.3 is 0 Å².